The predicted octanol–water partition coefficient (Wildman–Crippen LogP) is 1.55. The summed E-state index contributed by atoms with van der Waals surface area (Å²) in [5, 5.41) is 1.09. The summed E-state index contributed by atoms with van der Waals surface area (Å²) in [6, 6.07) is 9.99. The van der Waals surface area contributed by atoms with Crippen LogP contribution in [0.25, 0.3) is 10.9 Å². The maximum atomic E-state index is 12.4. The number of hydrogen-bond donors (Lipinski definition) is 0. The first-order valence-electron chi connectivity index (χ1n) is 7.03. The van der Waals surface area contributed by atoms with Crippen molar-refractivity contribution in [3.8, 4) is 0 Å². The third-order valence-electron chi connectivity index (χ3n) is 3.91. The molecule has 1 aromatic carbocycles. The normalized spacial score (nSPS) is 16.6. The Labute approximate surface area is 119 Å². The van der Waals surface area contributed by atoms with Gasteiger partial charge in [0.1, 0.15) is 0 Å². The standard InChI is InChI=1S/C16H19N3O/c1-18-8-10-19(11-9-18)15(20)12-14-5-2-4-13-6-3-7-17-16(13)14/h2-7H,8-12H2,1H3. The summed E-state index contributed by atoms with van der Waals surface area (Å²) in [4.78, 5) is 21.0. The molecule has 1 saturated heterocycles. The summed E-state index contributed by atoms with van der Waals surface area (Å²) >= 11 is 0. The van der Waals surface area contributed by atoms with E-state index in [9.17, 15) is 4.79 Å². The number of hydrogen-bond acceptors (Lipinski definition) is 3. The van der Waals surface area contributed by atoms with Gasteiger partial charge < -0.3 is 9.80 Å². The number of fused-ring (bicyclic) bond motifs is 1. The van der Waals surface area contributed by atoms with E-state index < -0.39 is 0 Å². The highest BCUT2D eigenvalue weighted by Crippen LogP contribution is 2.17. The summed E-state index contributed by atoms with van der Waals surface area (Å²) in [6.07, 6.45) is 2.23. The average molecular weight is 269 g/mol. The van der Waals surface area contributed by atoms with Crippen molar-refractivity contribution in [1.82, 2.24) is 14.8 Å². The van der Waals surface area contributed by atoms with Crippen molar-refractivity contribution in [2.75, 3.05) is 33.2 Å². The van der Waals surface area contributed by atoms with Crippen LogP contribution in [0.15, 0.2) is 36.5 Å². The minimum Gasteiger partial charge on any atom is -0.340 e. The van der Waals surface area contributed by atoms with E-state index >= 15 is 0 Å². The average Bonchev–Trinajstić information content (AvgIpc) is 2.48. The van der Waals surface area contributed by atoms with Crippen molar-refractivity contribution in [2.45, 2.75) is 6.42 Å². The first kappa shape index (κ1) is 13.1. The number of likely N-dealkylation sites (N-methyl/N-ethyl adjacent to an activating group) is 1. The summed E-state index contributed by atoms with van der Waals surface area (Å²) < 4.78 is 0. The molecule has 2 heterocycles. The molecule has 1 fully saturated rings. The van der Waals surface area contributed by atoms with Gasteiger partial charge in [0.05, 0.1) is 11.9 Å². The Morgan fingerprint density at radius 3 is 2.70 bits per heavy atom. The third-order valence-corrected chi connectivity index (χ3v) is 3.91. The van der Waals surface area contributed by atoms with E-state index in [0.29, 0.717) is 6.42 Å². The van der Waals surface area contributed by atoms with E-state index in [1.54, 1.807) is 6.20 Å². The SMILES string of the molecule is CN1CCN(C(=O)Cc2cccc3cccnc23)CC1. The van der Waals surface area contributed by atoms with Crippen LogP contribution in [0.1, 0.15) is 5.56 Å². The largest absolute Gasteiger partial charge is 0.340 e. The van der Waals surface area contributed by atoms with E-state index in [4.69, 9.17) is 0 Å². The Kier molecular flexibility index (Phi) is 3.65. The summed E-state index contributed by atoms with van der Waals surface area (Å²) in [6.45, 7) is 3.57. The van der Waals surface area contributed by atoms with E-state index in [0.717, 1.165) is 42.6 Å². The van der Waals surface area contributed by atoms with Crippen molar-refractivity contribution in [3.05, 3.63) is 42.1 Å². The molecule has 1 amide bonds. The lowest BCUT2D eigenvalue weighted by molar-refractivity contribution is -0.132. The van der Waals surface area contributed by atoms with Crippen molar-refractivity contribution in [1.29, 1.82) is 0 Å². The van der Waals surface area contributed by atoms with Gasteiger partial charge in [-0.05, 0) is 18.7 Å². The van der Waals surface area contributed by atoms with Crippen LogP contribution in [0.2, 0.25) is 0 Å². The van der Waals surface area contributed by atoms with Gasteiger partial charge in [-0.3, -0.25) is 9.78 Å². The lowest BCUT2D eigenvalue weighted by Gasteiger charge is -2.32. The molecule has 1 aliphatic heterocycles. The minimum absolute atomic E-state index is 0.205. The summed E-state index contributed by atoms with van der Waals surface area (Å²) in [7, 11) is 2.09. The number of pyridine rings is 1. The molecule has 0 radical (unpaired) electrons. The Bertz CT molecular complexity index is 613. The molecule has 0 atom stereocenters. The zero-order valence-corrected chi connectivity index (χ0v) is 11.7. The van der Waals surface area contributed by atoms with Gasteiger partial charge in [0.25, 0.3) is 0 Å². The fraction of sp³-hybridized carbons (Fsp3) is 0.375. The molecule has 0 N–H and O–H groups in total. The van der Waals surface area contributed by atoms with Gasteiger partial charge in [0, 0.05) is 37.8 Å². The minimum atomic E-state index is 0.205. The molecule has 20 heavy (non-hydrogen) atoms. The van der Waals surface area contributed by atoms with Crippen molar-refractivity contribution in [2.24, 2.45) is 0 Å². The van der Waals surface area contributed by atoms with Crippen molar-refractivity contribution < 1.29 is 4.79 Å². The highest BCUT2D eigenvalue weighted by atomic mass is 16.2. The first-order chi connectivity index (χ1) is 9.74. The number of rotatable bonds is 2. The number of carbonyl (C=O) groups excluding carboxylic acids is 1. The molecule has 1 aromatic heterocycles. The van der Waals surface area contributed by atoms with E-state index in [1.807, 2.05) is 35.2 Å². The Morgan fingerprint density at radius 1 is 1.15 bits per heavy atom. The Morgan fingerprint density at radius 2 is 1.90 bits per heavy atom. The van der Waals surface area contributed by atoms with Gasteiger partial charge in [0.15, 0.2) is 0 Å². The monoisotopic (exact) mass is 269 g/mol. The molecule has 0 unspecified atom stereocenters. The maximum Gasteiger partial charge on any atom is 0.227 e. The molecule has 0 saturated carbocycles. The fourth-order valence-electron chi connectivity index (χ4n) is 2.64. The van der Waals surface area contributed by atoms with Gasteiger partial charge in [-0.15, -0.1) is 0 Å². The van der Waals surface area contributed by atoms with Crippen molar-refractivity contribution in [3.63, 3.8) is 0 Å². The highest BCUT2D eigenvalue weighted by molar-refractivity contribution is 5.87. The van der Waals surface area contributed by atoms with E-state index in [1.165, 1.54) is 0 Å². The highest BCUT2D eigenvalue weighted by Gasteiger charge is 2.19. The second kappa shape index (κ2) is 5.59. The number of aromatic nitrogens is 1. The third kappa shape index (κ3) is 2.65. The van der Waals surface area contributed by atoms with Crippen LogP contribution in [0.4, 0.5) is 0 Å². The van der Waals surface area contributed by atoms with Gasteiger partial charge in [0.2, 0.25) is 5.91 Å². The molecule has 4 heteroatoms. The predicted molar refractivity (Wildman–Crippen MR) is 79.5 cm³/mol. The molecule has 1 aliphatic rings. The summed E-state index contributed by atoms with van der Waals surface area (Å²) in [5.41, 5.74) is 1.96. The number of piperazine rings is 1. The maximum absolute atomic E-state index is 12.4. The molecular weight excluding hydrogens is 250 g/mol. The quantitative estimate of drug-likeness (QED) is 0.830. The number of nitrogens with zero attached hydrogens (tertiary/aromatic N) is 3. The van der Waals surface area contributed by atoms with E-state index in [2.05, 4.69) is 16.9 Å². The number of benzene rings is 1. The van der Waals surface area contributed by atoms with Crippen LogP contribution in [0.5, 0.6) is 0 Å². The molecule has 3 rings (SSSR count). The number of amides is 1. The smallest absolute Gasteiger partial charge is 0.227 e. The molecule has 0 bridgehead atoms. The van der Waals surface area contributed by atoms with Crippen LogP contribution < -0.4 is 0 Å². The van der Waals surface area contributed by atoms with Gasteiger partial charge in [-0.1, -0.05) is 24.3 Å². The van der Waals surface area contributed by atoms with Crippen LogP contribution >= 0.6 is 0 Å². The van der Waals surface area contributed by atoms with Gasteiger partial charge in [-0.2, -0.15) is 0 Å². The molecule has 4 nitrogen and oxygen atoms in total. The second-order valence-electron chi connectivity index (χ2n) is 5.35. The van der Waals surface area contributed by atoms with Crippen molar-refractivity contribution >= 4 is 16.8 Å². The summed E-state index contributed by atoms with van der Waals surface area (Å²) in [5.74, 6) is 0.205. The van der Waals surface area contributed by atoms with Crippen LogP contribution in [0.3, 0.4) is 0 Å². The van der Waals surface area contributed by atoms with E-state index in [-0.39, 0.29) is 5.91 Å². The Balaban J connectivity index is 1.77. The lowest BCUT2D eigenvalue weighted by Crippen LogP contribution is -2.47. The van der Waals surface area contributed by atoms with Crippen LogP contribution in [-0.2, 0) is 11.2 Å². The lowest BCUT2D eigenvalue weighted by atomic mass is 10.1. The molecule has 0 spiro atoms. The van der Waals surface area contributed by atoms with Crippen LogP contribution in [-0.4, -0.2) is 53.9 Å². The molecule has 0 aliphatic carbocycles. The molecular formula is C16H19N3O. The number of para-hydroxylation sites is 1. The zero-order chi connectivity index (χ0) is 13.9. The molecule has 2 aromatic rings. The fourth-order valence-corrected chi connectivity index (χ4v) is 2.64. The number of carbonyl (C=O) groups is 1. The van der Waals surface area contributed by atoms with Gasteiger partial charge in [-0.25, -0.2) is 0 Å². The topological polar surface area (TPSA) is 36.4 Å². The van der Waals surface area contributed by atoms with Gasteiger partial charge >= 0.3 is 0 Å². The first-order valence-corrected chi connectivity index (χ1v) is 7.03. The molecule has 104 valence electrons. The Hall–Kier alpha value is -1.94. The second-order valence-corrected chi connectivity index (χ2v) is 5.35. The zero-order valence-electron chi connectivity index (χ0n) is 11.7. The van der Waals surface area contributed by atoms with Crippen LogP contribution in [0, 0.1) is 0 Å².